The van der Waals surface area contributed by atoms with E-state index in [1.165, 1.54) is 5.57 Å². The van der Waals surface area contributed by atoms with Gasteiger partial charge in [0.1, 0.15) is 8.24 Å². The summed E-state index contributed by atoms with van der Waals surface area (Å²) in [6.45, 7) is 17.4. The van der Waals surface area contributed by atoms with Crippen molar-refractivity contribution >= 4 is 15.1 Å². The number of hydrogen-bond acceptors (Lipinski definition) is 1. The Bertz CT molecular complexity index is 376. The van der Waals surface area contributed by atoms with E-state index in [1.807, 2.05) is 0 Å². The van der Waals surface area contributed by atoms with Gasteiger partial charge in [-0.1, -0.05) is 42.8 Å². The first-order valence-corrected chi connectivity index (χ1v) is 9.30. The second-order valence-corrected chi connectivity index (χ2v) is 11.1. The molecular formula is C13H24BNSi. The minimum absolute atomic E-state index is 0.294. The number of hydrogen-bond donors (Lipinski definition) is 0. The Hall–Kier alpha value is -0.278. The van der Waals surface area contributed by atoms with Crippen molar-refractivity contribution < 1.29 is 0 Å². The van der Waals surface area contributed by atoms with Gasteiger partial charge in [0.25, 0.3) is 0 Å². The van der Waals surface area contributed by atoms with Crippen LogP contribution in [0.5, 0.6) is 0 Å². The molecule has 3 heteroatoms. The zero-order valence-corrected chi connectivity index (χ0v) is 12.8. The lowest BCUT2D eigenvalue weighted by molar-refractivity contribution is 0.361. The highest BCUT2D eigenvalue weighted by atomic mass is 28.3. The van der Waals surface area contributed by atoms with Crippen LogP contribution in [-0.2, 0) is 0 Å². The van der Waals surface area contributed by atoms with Gasteiger partial charge in [0, 0.05) is 0 Å². The molecule has 2 aliphatic rings. The molecule has 88 valence electrons. The van der Waals surface area contributed by atoms with Gasteiger partial charge in [-0.3, -0.25) is 0 Å². The summed E-state index contributed by atoms with van der Waals surface area (Å²) >= 11 is 0. The Morgan fingerprint density at radius 1 is 1.31 bits per heavy atom. The second-order valence-electron chi connectivity index (χ2n) is 6.88. The van der Waals surface area contributed by atoms with Gasteiger partial charge in [-0.05, 0) is 39.1 Å². The van der Waals surface area contributed by atoms with Crippen molar-refractivity contribution in [2.75, 3.05) is 0 Å². The summed E-state index contributed by atoms with van der Waals surface area (Å²) in [6.07, 6.45) is 4.93. The highest BCUT2D eigenvalue weighted by Crippen LogP contribution is 2.49. The number of nitrogens with zero attached hydrogens (tertiary/aromatic N) is 1. The molecule has 0 aromatic carbocycles. The van der Waals surface area contributed by atoms with E-state index in [0.717, 1.165) is 0 Å². The SMILES string of the molecule is CB1C2C=C(C)C=C2[Si](C)(C)N1C(C)(C)C. The van der Waals surface area contributed by atoms with Gasteiger partial charge < -0.3 is 4.48 Å². The fourth-order valence-corrected chi connectivity index (χ4v) is 8.86. The largest absolute Gasteiger partial charge is 0.356 e. The number of allylic oxidation sites excluding steroid dienone is 4. The normalized spacial score (nSPS) is 29.2. The molecule has 0 radical (unpaired) electrons. The molecule has 0 saturated carbocycles. The van der Waals surface area contributed by atoms with E-state index in [0.29, 0.717) is 18.2 Å². The van der Waals surface area contributed by atoms with Gasteiger partial charge in [0.15, 0.2) is 0 Å². The zero-order valence-electron chi connectivity index (χ0n) is 11.8. The summed E-state index contributed by atoms with van der Waals surface area (Å²) in [5, 5.41) is 1.74. The zero-order chi connectivity index (χ0) is 12.3. The van der Waals surface area contributed by atoms with Crippen LogP contribution >= 0.6 is 0 Å². The highest BCUT2D eigenvalue weighted by molar-refractivity contribution is 6.95. The van der Waals surface area contributed by atoms with E-state index in [4.69, 9.17) is 0 Å². The average Bonchev–Trinajstić information content (AvgIpc) is 2.50. The van der Waals surface area contributed by atoms with Crippen molar-refractivity contribution in [3.8, 4) is 0 Å². The molecule has 0 spiro atoms. The van der Waals surface area contributed by atoms with Gasteiger partial charge in [0.2, 0.25) is 6.85 Å². The van der Waals surface area contributed by atoms with E-state index < -0.39 is 8.24 Å². The molecule has 1 heterocycles. The predicted octanol–water partition coefficient (Wildman–Crippen LogP) is 3.72. The summed E-state index contributed by atoms with van der Waals surface area (Å²) in [5.74, 6) is 0.695. The molecule has 1 atom stereocenters. The van der Waals surface area contributed by atoms with Crippen molar-refractivity contribution in [3.63, 3.8) is 0 Å². The lowest BCUT2D eigenvalue weighted by atomic mass is 9.53. The molecule has 2 rings (SSSR count). The fraction of sp³-hybridized carbons (Fsp3) is 0.692. The van der Waals surface area contributed by atoms with Crippen molar-refractivity contribution in [2.24, 2.45) is 0 Å². The van der Waals surface area contributed by atoms with Crippen molar-refractivity contribution in [1.29, 1.82) is 0 Å². The Morgan fingerprint density at radius 3 is 2.31 bits per heavy atom. The fourth-order valence-electron chi connectivity index (χ4n) is 4.00. The lowest BCUT2D eigenvalue weighted by Gasteiger charge is -2.44. The standard InChI is InChI=1S/C13H24BNSi/c1-10-8-11-12(9-10)16(6,7)15(14(11)5)13(2,3)4/h8-9,11H,1-7H3. The maximum Gasteiger partial charge on any atom is 0.224 e. The van der Waals surface area contributed by atoms with Gasteiger partial charge >= 0.3 is 0 Å². The Kier molecular flexibility index (Phi) is 2.56. The van der Waals surface area contributed by atoms with Crippen molar-refractivity contribution in [2.45, 2.75) is 59.0 Å². The first-order valence-electron chi connectivity index (χ1n) is 6.35. The molecule has 0 bridgehead atoms. The molecule has 0 N–H and O–H groups in total. The van der Waals surface area contributed by atoms with E-state index >= 15 is 0 Å². The molecule has 0 aromatic rings. The molecule has 1 fully saturated rings. The number of rotatable bonds is 0. The lowest BCUT2D eigenvalue weighted by Crippen LogP contribution is -2.58. The molecule has 0 aromatic heterocycles. The second kappa shape index (κ2) is 3.36. The third-order valence-electron chi connectivity index (χ3n) is 4.14. The van der Waals surface area contributed by atoms with Crippen molar-refractivity contribution in [1.82, 2.24) is 4.48 Å². The van der Waals surface area contributed by atoms with Crippen LogP contribution in [0.25, 0.3) is 0 Å². The van der Waals surface area contributed by atoms with Crippen LogP contribution in [0.15, 0.2) is 22.9 Å². The summed E-state index contributed by atoms with van der Waals surface area (Å²) in [5.41, 5.74) is 1.77. The molecule has 1 aliphatic heterocycles. The third-order valence-corrected chi connectivity index (χ3v) is 8.32. The molecule has 1 unspecified atom stereocenters. The Morgan fingerprint density at radius 2 is 1.88 bits per heavy atom. The summed E-state index contributed by atoms with van der Waals surface area (Å²) in [4.78, 5) is 0. The quantitative estimate of drug-likeness (QED) is 0.576. The first kappa shape index (κ1) is 12.2. The average molecular weight is 233 g/mol. The number of fused-ring (bicyclic) bond motifs is 1. The van der Waals surface area contributed by atoms with Crippen molar-refractivity contribution in [3.05, 3.63) is 22.9 Å². The van der Waals surface area contributed by atoms with Crippen LogP contribution in [0.4, 0.5) is 0 Å². The van der Waals surface area contributed by atoms with Gasteiger partial charge in [-0.25, -0.2) is 0 Å². The minimum Gasteiger partial charge on any atom is -0.356 e. The topological polar surface area (TPSA) is 3.24 Å². The molecule has 1 nitrogen and oxygen atoms in total. The van der Waals surface area contributed by atoms with E-state index in [-0.39, 0.29) is 0 Å². The highest BCUT2D eigenvalue weighted by Gasteiger charge is 2.54. The van der Waals surface area contributed by atoms with Crippen LogP contribution < -0.4 is 0 Å². The van der Waals surface area contributed by atoms with Gasteiger partial charge in [-0.2, -0.15) is 0 Å². The maximum absolute atomic E-state index is 2.80. The van der Waals surface area contributed by atoms with E-state index in [1.54, 1.807) is 5.20 Å². The summed E-state index contributed by atoms with van der Waals surface area (Å²) in [7, 11) is -1.40. The van der Waals surface area contributed by atoms with Crippen LogP contribution in [-0.4, -0.2) is 25.1 Å². The molecular weight excluding hydrogens is 209 g/mol. The van der Waals surface area contributed by atoms with E-state index in [2.05, 4.69) is 64.2 Å². The van der Waals surface area contributed by atoms with Crippen LogP contribution in [0, 0.1) is 0 Å². The molecule has 1 aliphatic carbocycles. The minimum atomic E-state index is -1.40. The third kappa shape index (κ3) is 1.56. The first-order chi connectivity index (χ1) is 7.15. The maximum atomic E-state index is 2.80. The van der Waals surface area contributed by atoms with Crippen LogP contribution in [0.3, 0.4) is 0 Å². The van der Waals surface area contributed by atoms with Crippen LogP contribution in [0.2, 0.25) is 25.7 Å². The smallest absolute Gasteiger partial charge is 0.224 e. The Labute approximate surface area is 102 Å². The van der Waals surface area contributed by atoms with Gasteiger partial charge in [0.05, 0.1) is 0 Å². The predicted molar refractivity (Wildman–Crippen MR) is 76.3 cm³/mol. The molecule has 1 saturated heterocycles. The molecule has 0 amide bonds. The summed E-state index contributed by atoms with van der Waals surface area (Å²) in [6, 6.07) is 0. The molecule has 16 heavy (non-hydrogen) atoms. The summed E-state index contributed by atoms with van der Waals surface area (Å²) < 4.78 is 2.80. The van der Waals surface area contributed by atoms with Gasteiger partial charge in [-0.15, -0.1) is 0 Å². The van der Waals surface area contributed by atoms with E-state index in [9.17, 15) is 0 Å². The Balaban J connectivity index is 2.45. The monoisotopic (exact) mass is 233 g/mol. The van der Waals surface area contributed by atoms with Crippen LogP contribution in [0.1, 0.15) is 27.7 Å².